The Morgan fingerprint density at radius 2 is 1.15 bits per heavy atom. The van der Waals surface area contributed by atoms with Crippen LogP contribution < -0.4 is 5.73 Å². The standard InChI is InChI=1S/C18H40NO6P/c1-2-3-4-5-6-7-8-9-10-11-13-22-15-16-23-17-18-25-26(20,21)24-14-12-19/h2-19H2,1H3,(H,20,21). The third kappa shape index (κ3) is 20.3. The van der Waals surface area contributed by atoms with Gasteiger partial charge >= 0.3 is 7.82 Å². The molecule has 26 heavy (non-hydrogen) atoms. The van der Waals surface area contributed by atoms with Crippen molar-refractivity contribution >= 4 is 7.82 Å². The third-order valence-electron chi connectivity index (χ3n) is 3.87. The van der Waals surface area contributed by atoms with Gasteiger partial charge in [0.05, 0.1) is 33.0 Å². The fourth-order valence-electron chi connectivity index (χ4n) is 2.43. The highest BCUT2D eigenvalue weighted by atomic mass is 31.2. The maximum absolute atomic E-state index is 11.3. The van der Waals surface area contributed by atoms with E-state index in [0.29, 0.717) is 13.2 Å². The molecule has 0 aromatic heterocycles. The summed E-state index contributed by atoms with van der Waals surface area (Å²) in [5, 5.41) is 0. The minimum atomic E-state index is -3.99. The van der Waals surface area contributed by atoms with Crippen LogP contribution in [0.2, 0.25) is 0 Å². The topological polar surface area (TPSA) is 100 Å². The van der Waals surface area contributed by atoms with Gasteiger partial charge in [-0.1, -0.05) is 64.7 Å². The SMILES string of the molecule is CCCCCCCCCCCCOCCOCCOP(=O)(O)OCCN. The summed E-state index contributed by atoms with van der Waals surface area (Å²) >= 11 is 0. The summed E-state index contributed by atoms with van der Waals surface area (Å²) in [5.74, 6) is 0. The first-order valence-corrected chi connectivity index (χ1v) is 11.6. The second kappa shape index (κ2) is 19.7. The highest BCUT2D eigenvalue weighted by Gasteiger charge is 2.19. The molecule has 0 heterocycles. The second-order valence-corrected chi connectivity index (χ2v) is 7.78. The maximum Gasteiger partial charge on any atom is 0.472 e. The van der Waals surface area contributed by atoms with Gasteiger partial charge in [0.25, 0.3) is 0 Å². The molecule has 158 valence electrons. The van der Waals surface area contributed by atoms with E-state index in [0.717, 1.165) is 13.0 Å². The molecule has 0 saturated carbocycles. The molecular formula is C18H40NO6P. The van der Waals surface area contributed by atoms with Crippen molar-refractivity contribution in [2.45, 2.75) is 71.1 Å². The van der Waals surface area contributed by atoms with Gasteiger partial charge in [-0.05, 0) is 6.42 Å². The fourth-order valence-corrected chi connectivity index (χ4v) is 3.15. The fraction of sp³-hybridized carbons (Fsp3) is 1.00. The van der Waals surface area contributed by atoms with E-state index in [-0.39, 0.29) is 26.4 Å². The minimum absolute atomic E-state index is 0.00318. The molecule has 0 fully saturated rings. The molecule has 0 aliphatic rings. The van der Waals surface area contributed by atoms with Crippen LogP contribution in [0.3, 0.4) is 0 Å². The lowest BCUT2D eigenvalue weighted by molar-refractivity contribution is 0.0292. The number of unbranched alkanes of at least 4 members (excludes halogenated alkanes) is 9. The monoisotopic (exact) mass is 397 g/mol. The normalized spacial score (nSPS) is 13.8. The summed E-state index contributed by atoms with van der Waals surface area (Å²) in [6, 6.07) is 0. The van der Waals surface area contributed by atoms with Crippen molar-refractivity contribution in [2.24, 2.45) is 5.73 Å². The minimum Gasteiger partial charge on any atom is -0.379 e. The number of phosphoric ester groups is 1. The van der Waals surface area contributed by atoms with E-state index in [9.17, 15) is 9.46 Å². The molecule has 0 bridgehead atoms. The van der Waals surface area contributed by atoms with Crippen molar-refractivity contribution in [3.8, 4) is 0 Å². The molecule has 0 aliphatic heterocycles. The van der Waals surface area contributed by atoms with Gasteiger partial charge in [0.2, 0.25) is 0 Å². The van der Waals surface area contributed by atoms with Gasteiger partial charge in [-0.15, -0.1) is 0 Å². The first-order chi connectivity index (χ1) is 12.6. The van der Waals surface area contributed by atoms with Gasteiger partial charge in [0.15, 0.2) is 0 Å². The van der Waals surface area contributed by atoms with Gasteiger partial charge in [-0.3, -0.25) is 9.05 Å². The Morgan fingerprint density at radius 1 is 0.692 bits per heavy atom. The predicted octanol–water partition coefficient (Wildman–Crippen LogP) is 4.03. The van der Waals surface area contributed by atoms with Crippen LogP contribution in [0.15, 0.2) is 0 Å². The molecule has 0 saturated heterocycles. The molecule has 0 aromatic rings. The molecule has 8 heteroatoms. The van der Waals surface area contributed by atoms with Crippen LogP contribution >= 0.6 is 7.82 Å². The van der Waals surface area contributed by atoms with Crippen LogP contribution in [0.5, 0.6) is 0 Å². The molecule has 0 aliphatic carbocycles. The zero-order chi connectivity index (χ0) is 19.3. The summed E-state index contributed by atoms with van der Waals surface area (Å²) < 4.78 is 31.4. The quantitative estimate of drug-likeness (QED) is 0.223. The molecule has 1 unspecified atom stereocenters. The largest absolute Gasteiger partial charge is 0.472 e. The van der Waals surface area contributed by atoms with Crippen molar-refractivity contribution in [1.29, 1.82) is 0 Å². The highest BCUT2D eigenvalue weighted by Crippen LogP contribution is 2.42. The number of phosphoric acid groups is 1. The van der Waals surface area contributed by atoms with Gasteiger partial charge < -0.3 is 20.1 Å². The van der Waals surface area contributed by atoms with Crippen LogP contribution in [-0.2, 0) is 23.1 Å². The molecule has 0 rings (SSSR count). The average molecular weight is 397 g/mol. The number of ether oxygens (including phenoxy) is 2. The van der Waals surface area contributed by atoms with Crippen LogP contribution in [-0.4, -0.2) is 51.1 Å². The van der Waals surface area contributed by atoms with Crippen LogP contribution in [0.4, 0.5) is 0 Å². The number of hydrogen-bond donors (Lipinski definition) is 2. The summed E-state index contributed by atoms with van der Waals surface area (Å²) in [6.07, 6.45) is 13.1. The Balaban J connectivity index is 3.14. The molecule has 0 spiro atoms. The van der Waals surface area contributed by atoms with Crippen LogP contribution in [0.1, 0.15) is 71.1 Å². The Hall–Kier alpha value is -0.0100. The van der Waals surface area contributed by atoms with Crippen molar-refractivity contribution in [2.75, 3.05) is 46.2 Å². The second-order valence-electron chi connectivity index (χ2n) is 6.33. The first-order valence-electron chi connectivity index (χ1n) is 10.1. The van der Waals surface area contributed by atoms with Crippen LogP contribution in [0.25, 0.3) is 0 Å². The molecule has 0 amide bonds. The Morgan fingerprint density at radius 3 is 1.73 bits per heavy atom. The van der Waals surface area contributed by atoms with Crippen molar-refractivity contribution in [3.63, 3.8) is 0 Å². The molecule has 0 radical (unpaired) electrons. The van der Waals surface area contributed by atoms with Gasteiger partial charge in [0.1, 0.15) is 0 Å². The van der Waals surface area contributed by atoms with Crippen LogP contribution in [0, 0.1) is 0 Å². The summed E-state index contributed by atoms with van der Waals surface area (Å²) in [7, 11) is -3.99. The van der Waals surface area contributed by atoms with Crippen molar-refractivity contribution < 1.29 is 28.0 Å². The summed E-state index contributed by atoms with van der Waals surface area (Å²) in [4.78, 5) is 9.25. The van der Waals surface area contributed by atoms with Crippen molar-refractivity contribution in [3.05, 3.63) is 0 Å². The molecule has 3 N–H and O–H groups in total. The number of hydrogen-bond acceptors (Lipinski definition) is 6. The lowest BCUT2D eigenvalue weighted by Gasteiger charge is -2.11. The van der Waals surface area contributed by atoms with E-state index in [4.69, 9.17) is 19.7 Å². The van der Waals surface area contributed by atoms with E-state index < -0.39 is 7.82 Å². The van der Waals surface area contributed by atoms with E-state index in [1.165, 1.54) is 57.8 Å². The lowest BCUT2D eigenvalue weighted by Crippen LogP contribution is -2.11. The smallest absolute Gasteiger partial charge is 0.379 e. The van der Waals surface area contributed by atoms with E-state index >= 15 is 0 Å². The Labute approximate surface area is 159 Å². The molecular weight excluding hydrogens is 357 g/mol. The Kier molecular flexibility index (Phi) is 19.7. The van der Waals surface area contributed by atoms with Gasteiger partial charge in [-0.25, -0.2) is 4.57 Å². The highest BCUT2D eigenvalue weighted by molar-refractivity contribution is 7.47. The molecule has 0 aromatic carbocycles. The zero-order valence-corrected chi connectivity index (χ0v) is 17.4. The third-order valence-corrected chi connectivity index (χ3v) is 4.89. The number of rotatable bonds is 21. The van der Waals surface area contributed by atoms with Gasteiger partial charge in [-0.2, -0.15) is 0 Å². The first kappa shape index (κ1) is 26.0. The Bertz CT molecular complexity index is 333. The van der Waals surface area contributed by atoms with E-state index in [1.807, 2.05) is 0 Å². The predicted molar refractivity (Wildman–Crippen MR) is 104 cm³/mol. The lowest BCUT2D eigenvalue weighted by atomic mass is 10.1. The number of nitrogens with two attached hydrogens (primary N) is 1. The summed E-state index contributed by atoms with van der Waals surface area (Å²) in [6.45, 7) is 4.35. The molecule has 7 nitrogen and oxygen atoms in total. The summed E-state index contributed by atoms with van der Waals surface area (Å²) in [5.41, 5.74) is 5.18. The van der Waals surface area contributed by atoms with Gasteiger partial charge in [0, 0.05) is 13.2 Å². The average Bonchev–Trinajstić information content (AvgIpc) is 2.62. The van der Waals surface area contributed by atoms with E-state index in [1.54, 1.807) is 0 Å². The van der Waals surface area contributed by atoms with Crippen molar-refractivity contribution in [1.82, 2.24) is 0 Å². The molecule has 1 atom stereocenters. The maximum atomic E-state index is 11.3. The zero-order valence-electron chi connectivity index (χ0n) is 16.5. The van der Waals surface area contributed by atoms with E-state index in [2.05, 4.69) is 11.4 Å².